The first-order chi connectivity index (χ1) is 20.7. The molecular formula is C34H30Br2FN3O3. The Morgan fingerprint density at radius 1 is 1.00 bits per heavy atom. The third kappa shape index (κ3) is 6.73. The topological polar surface area (TPSA) is 65.7 Å². The Balaban J connectivity index is 1.57. The van der Waals surface area contributed by atoms with Crippen molar-refractivity contribution < 1.29 is 13.9 Å². The van der Waals surface area contributed by atoms with Crippen molar-refractivity contribution in [3.05, 3.63) is 120 Å². The minimum atomic E-state index is -0.315. The molecule has 0 aliphatic rings. The van der Waals surface area contributed by atoms with Gasteiger partial charge in [-0.05, 0) is 122 Å². The Hall–Kier alpha value is -3.82. The summed E-state index contributed by atoms with van der Waals surface area (Å²) >= 11 is 7.15. The summed E-state index contributed by atoms with van der Waals surface area (Å²) in [5.74, 6) is 1.71. The van der Waals surface area contributed by atoms with Crippen molar-refractivity contribution in [2.24, 2.45) is 5.10 Å². The standard InChI is InChI=1S/C34H30Br2FN3O3/c1-5-42-31-13-21(4)27(17-26(31)20(2)3)33-39-30-12-7-6-11-25(30)34(41)40(33)38-18-23-15-28(35)32(29(36)16-23)43-19-22-9-8-10-24(37)14-22/h6-18,20H,5,19H2,1-4H3. The predicted molar refractivity (Wildman–Crippen MR) is 177 cm³/mol. The summed E-state index contributed by atoms with van der Waals surface area (Å²) in [6.45, 7) is 8.91. The summed E-state index contributed by atoms with van der Waals surface area (Å²) in [6.07, 6.45) is 1.61. The lowest BCUT2D eigenvalue weighted by Gasteiger charge is -2.18. The van der Waals surface area contributed by atoms with Crippen LogP contribution in [0.2, 0.25) is 0 Å². The highest BCUT2D eigenvalue weighted by Gasteiger charge is 2.19. The van der Waals surface area contributed by atoms with Crippen LogP contribution in [0.25, 0.3) is 22.3 Å². The fourth-order valence-electron chi connectivity index (χ4n) is 4.77. The first kappa shape index (κ1) is 30.6. The van der Waals surface area contributed by atoms with Crippen LogP contribution in [0, 0.1) is 12.7 Å². The molecular weight excluding hydrogens is 677 g/mol. The van der Waals surface area contributed by atoms with Gasteiger partial charge in [-0.3, -0.25) is 4.79 Å². The smallest absolute Gasteiger partial charge is 0.282 e. The van der Waals surface area contributed by atoms with Crippen LogP contribution in [0.15, 0.2) is 91.6 Å². The Kier molecular flexibility index (Phi) is 9.42. The molecule has 5 rings (SSSR count). The van der Waals surface area contributed by atoms with Crippen molar-refractivity contribution in [2.75, 3.05) is 6.61 Å². The Morgan fingerprint density at radius 3 is 2.44 bits per heavy atom. The SMILES string of the molecule is CCOc1cc(C)c(-c2nc3ccccc3c(=O)n2N=Cc2cc(Br)c(OCc3cccc(F)c3)c(Br)c2)cc1C(C)C. The monoisotopic (exact) mass is 705 g/mol. The van der Waals surface area contributed by atoms with Crippen molar-refractivity contribution in [3.63, 3.8) is 0 Å². The van der Waals surface area contributed by atoms with Crippen LogP contribution in [-0.4, -0.2) is 22.5 Å². The molecule has 0 N–H and O–H groups in total. The number of hydrogen-bond donors (Lipinski definition) is 0. The molecule has 0 aliphatic carbocycles. The van der Waals surface area contributed by atoms with E-state index in [0.29, 0.717) is 49.2 Å². The molecule has 0 spiro atoms. The summed E-state index contributed by atoms with van der Waals surface area (Å²) in [5.41, 5.74) is 4.50. The molecule has 0 amide bonds. The minimum absolute atomic E-state index is 0.196. The molecule has 1 aromatic heterocycles. The molecule has 0 aliphatic heterocycles. The van der Waals surface area contributed by atoms with Crippen LogP contribution in [0.3, 0.4) is 0 Å². The molecule has 43 heavy (non-hydrogen) atoms. The summed E-state index contributed by atoms with van der Waals surface area (Å²) in [6, 6.07) is 21.3. The molecule has 0 saturated heterocycles. The number of hydrogen-bond acceptors (Lipinski definition) is 5. The quantitative estimate of drug-likeness (QED) is 0.144. The van der Waals surface area contributed by atoms with Gasteiger partial charge in [0.25, 0.3) is 5.56 Å². The van der Waals surface area contributed by atoms with Crippen molar-refractivity contribution >= 4 is 49.0 Å². The molecule has 0 fully saturated rings. The zero-order chi connectivity index (χ0) is 30.7. The largest absolute Gasteiger partial charge is 0.494 e. The van der Waals surface area contributed by atoms with Gasteiger partial charge in [-0.2, -0.15) is 9.78 Å². The highest BCUT2D eigenvalue weighted by atomic mass is 79.9. The van der Waals surface area contributed by atoms with Crippen LogP contribution >= 0.6 is 31.9 Å². The molecule has 1 heterocycles. The maximum absolute atomic E-state index is 13.8. The van der Waals surface area contributed by atoms with E-state index < -0.39 is 0 Å². The lowest BCUT2D eigenvalue weighted by atomic mass is 9.96. The fraction of sp³-hybridized carbons (Fsp3) is 0.206. The van der Waals surface area contributed by atoms with Gasteiger partial charge in [0.1, 0.15) is 23.9 Å². The second-order valence-corrected chi connectivity index (χ2v) is 12.0. The number of rotatable bonds is 9. The summed E-state index contributed by atoms with van der Waals surface area (Å²) in [5, 5.41) is 5.13. The van der Waals surface area contributed by atoms with Crippen molar-refractivity contribution in [1.29, 1.82) is 0 Å². The minimum Gasteiger partial charge on any atom is -0.494 e. The Morgan fingerprint density at radius 2 is 1.74 bits per heavy atom. The highest BCUT2D eigenvalue weighted by Crippen LogP contribution is 2.36. The predicted octanol–water partition coefficient (Wildman–Crippen LogP) is 9.02. The van der Waals surface area contributed by atoms with Gasteiger partial charge >= 0.3 is 0 Å². The van der Waals surface area contributed by atoms with Crippen LogP contribution in [0.1, 0.15) is 48.9 Å². The Bertz CT molecular complexity index is 1880. The van der Waals surface area contributed by atoms with Gasteiger partial charge in [0.15, 0.2) is 5.82 Å². The lowest BCUT2D eigenvalue weighted by molar-refractivity contribution is 0.301. The van der Waals surface area contributed by atoms with Gasteiger partial charge in [0.05, 0.1) is 32.7 Å². The van der Waals surface area contributed by atoms with Crippen LogP contribution < -0.4 is 15.0 Å². The summed E-state index contributed by atoms with van der Waals surface area (Å²) in [4.78, 5) is 18.7. The number of halogens is 3. The maximum atomic E-state index is 13.8. The van der Waals surface area contributed by atoms with E-state index in [4.69, 9.17) is 14.5 Å². The molecule has 0 radical (unpaired) electrons. The van der Waals surface area contributed by atoms with Gasteiger partial charge in [-0.15, -0.1) is 0 Å². The van der Waals surface area contributed by atoms with Crippen LogP contribution in [0.4, 0.5) is 4.39 Å². The van der Waals surface area contributed by atoms with E-state index in [1.165, 1.54) is 16.8 Å². The van der Waals surface area contributed by atoms with E-state index in [1.54, 1.807) is 24.4 Å². The molecule has 4 aromatic carbocycles. The number of benzene rings is 4. The highest BCUT2D eigenvalue weighted by molar-refractivity contribution is 9.11. The number of aryl methyl sites for hydroxylation is 1. The van der Waals surface area contributed by atoms with E-state index in [2.05, 4.69) is 50.8 Å². The third-order valence-corrected chi connectivity index (χ3v) is 8.07. The number of nitrogens with zero attached hydrogens (tertiary/aromatic N) is 3. The molecule has 6 nitrogen and oxygen atoms in total. The van der Waals surface area contributed by atoms with Crippen molar-refractivity contribution in [3.8, 4) is 22.9 Å². The van der Waals surface area contributed by atoms with Crippen molar-refractivity contribution in [2.45, 2.75) is 40.2 Å². The molecule has 0 bridgehead atoms. The van der Waals surface area contributed by atoms with E-state index in [0.717, 1.165) is 22.4 Å². The molecule has 0 atom stereocenters. The van der Waals surface area contributed by atoms with E-state index in [9.17, 15) is 9.18 Å². The number of para-hydroxylation sites is 1. The second-order valence-electron chi connectivity index (χ2n) is 10.3. The first-order valence-corrected chi connectivity index (χ1v) is 15.4. The average molecular weight is 707 g/mol. The van der Waals surface area contributed by atoms with Gasteiger partial charge < -0.3 is 9.47 Å². The maximum Gasteiger partial charge on any atom is 0.282 e. The zero-order valence-corrected chi connectivity index (χ0v) is 27.4. The van der Waals surface area contributed by atoms with Gasteiger partial charge in [-0.25, -0.2) is 9.37 Å². The van der Waals surface area contributed by atoms with E-state index in [-0.39, 0.29) is 23.9 Å². The van der Waals surface area contributed by atoms with Gasteiger partial charge in [0.2, 0.25) is 0 Å². The normalized spacial score (nSPS) is 11.5. The average Bonchev–Trinajstić information content (AvgIpc) is 2.96. The number of aromatic nitrogens is 2. The molecule has 9 heteroatoms. The third-order valence-electron chi connectivity index (χ3n) is 6.89. The van der Waals surface area contributed by atoms with Crippen LogP contribution in [0.5, 0.6) is 11.5 Å². The Labute approximate surface area is 266 Å². The molecule has 0 unspecified atom stereocenters. The first-order valence-electron chi connectivity index (χ1n) is 13.9. The molecule has 220 valence electrons. The van der Waals surface area contributed by atoms with Gasteiger partial charge in [-0.1, -0.05) is 38.1 Å². The molecule has 0 saturated carbocycles. The second kappa shape index (κ2) is 13.2. The summed E-state index contributed by atoms with van der Waals surface area (Å²) in [7, 11) is 0. The summed E-state index contributed by atoms with van der Waals surface area (Å²) < 4.78 is 28.2. The number of ether oxygens (including phenoxy) is 2. The fourth-order valence-corrected chi connectivity index (χ4v) is 6.23. The lowest BCUT2D eigenvalue weighted by Crippen LogP contribution is -2.21. The van der Waals surface area contributed by atoms with E-state index in [1.807, 2.05) is 56.3 Å². The van der Waals surface area contributed by atoms with Gasteiger partial charge in [0, 0.05) is 5.56 Å². The van der Waals surface area contributed by atoms with E-state index >= 15 is 0 Å². The number of fused-ring (bicyclic) bond motifs is 1. The van der Waals surface area contributed by atoms with Crippen LogP contribution in [-0.2, 0) is 6.61 Å². The van der Waals surface area contributed by atoms with Crippen molar-refractivity contribution in [1.82, 2.24) is 9.66 Å². The molecule has 5 aromatic rings. The zero-order valence-electron chi connectivity index (χ0n) is 24.2.